The Balaban J connectivity index is 0.000000238. The van der Waals surface area contributed by atoms with E-state index in [0.717, 1.165) is 117 Å². The third-order valence-corrected chi connectivity index (χ3v) is 14.9. The number of fused-ring (bicyclic) bond motifs is 2. The number of nitrogens with zero attached hydrogens (tertiary/aromatic N) is 3. The van der Waals surface area contributed by atoms with Gasteiger partial charge in [-0.25, -0.2) is 0 Å². The van der Waals surface area contributed by atoms with Gasteiger partial charge < -0.3 is 45.7 Å². The third-order valence-electron chi connectivity index (χ3n) is 14.9. The lowest BCUT2D eigenvalue weighted by Crippen LogP contribution is -2.52. The lowest BCUT2D eigenvalue weighted by molar-refractivity contribution is -0.143. The average molecular weight is 1010 g/mol. The van der Waals surface area contributed by atoms with Crippen LogP contribution in [0.5, 0.6) is 0 Å². The number of aromatic nitrogens is 2. The zero-order valence-electron chi connectivity index (χ0n) is 43.5. The van der Waals surface area contributed by atoms with Gasteiger partial charge in [-0.2, -0.15) is 0 Å². The number of rotatable bonds is 25. The molecule has 6 N–H and O–H groups in total. The number of carboxylic acids is 1. The number of para-hydroxylation sites is 2. The molecule has 398 valence electrons. The van der Waals surface area contributed by atoms with Gasteiger partial charge in [-0.15, -0.1) is 0 Å². The highest BCUT2D eigenvalue weighted by Crippen LogP contribution is 2.28. The summed E-state index contributed by atoms with van der Waals surface area (Å²) in [6.45, 7) is 6.10. The Hall–Kier alpha value is -6.19. The Morgan fingerprint density at radius 2 is 1.12 bits per heavy atom. The first-order chi connectivity index (χ1) is 35.4. The van der Waals surface area contributed by atoms with Gasteiger partial charge in [0.25, 0.3) is 0 Å². The van der Waals surface area contributed by atoms with Crippen molar-refractivity contribution in [1.29, 1.82) is 0 Å². The second-order valence-electron chi connectivity index (χ2n) is 20.6. The lowest BCUT2D eigenvalue weighted by atomic mass is 9.87. The summed E-state index contributed by atoms with van der Waals surface area (Å²) in [4.78, 5) is 102. The molecule has 1 aliphatic heterocycles. The maximum Gasteiger partial charge on any atom is 0.322 e. The van der Waals surface area contributed by atoms with Gasteiger partial charge in [0.2, 0.25) is 35.4 Å². The van der Waals surface area contributed by atoms with Crippen molar-refractivity contribution in [2.24, 2.45) is 11.8 Å². The monoisotopic (exact) mass is 1010 g/mol. The first-order valence-corrected chi connectivity index (χ1v) is 27.4. The number of hydrogen-bond acceptors (Lipinski definition) is 7. The zero-order chi connectivity index (χ0) is 52.0. The minimum Gasteiger partial charge on any atom is -0.480 e. The van der Waals surface area contributed by atoms with Crippen LogP contribution < -0.4 is 16.0 Å². The molecule has 2 saturated carbocycles. The Bertz CT molecular complexity index is 2410. The van der Waals surface area contributed by atoms with Crippen molar-refractivity contribution in [2.45, 2.75) is 161 Å². The molecule has 0 bridgehead atoms. The Morgan fingerprint density at radius 3 is 1.63 bits per heavy atom. The zero-order valence-corrected chi connectivity index (χ0v) is 43.5. The van der Waals surface area contributed by atoms with E-state index >= 15 is 0 Å². The second kappa shape index (κ2) is 29.5. The molecule has 6 amide bonds. The molecule has 2 atom stereocenters. The first-order valence-electron chi connectivity index (χ1n) is 27.4. The van der Waals surface area contributed by atoms with Crippen molar-refractivity contribution < 1.29 is 38.7 Å². The number of hydrogen-bond donors (Lipinski definition) is 6. The van der Waals surface area contributed by atoms with Crippen LogP contribution in [0.25, 0.3) is 21.8 Å². The standard InChI is InChI=1S/C29H42N4O3.C28H40N4O5/c1-2-3-14-26(31-27(34)18-23-19-30-25-15-8-7-13-24(23)25)29(36)33(20-22-11-5-4-6-12-22)21-28(35)32-16-9-10-17-32;1-2-3-12-24(31-25(33)16-21-17-29-23-13-8-7-11-22(21)23)28(37)32(19-26(34)30-18-27(35)36)15-14-20-9-5-4-6-10-20/h7-8,13,15,19,22,26,30H,2-6,9-12,14,16-18,20-21H2,1H3,(H,31,34);7-8,11,13,17,20,24,29H,2-6,9-10,12,14-16,18-19H2,1H3,(H,30,34)(H,31,33)(H,35,36)/t26-;24-/m00/s1. The maximum absolute atomic E-state index is 13.9. The molecule has 0 radical (unpaired) electrons. The molecule has 3 aliphatic rings. The van der Waals surface area contributed by atoms with Crippen molar-refractivity contribution in [3.05, 3.63) is 72.1 Å². The van der Waals surface area contributed by atoms with E-state index < -0.39 is 30.5 Å². The van der Waals surface area contributed by atoms with E-state index in [1.54, 1.807) is 4.90 Å². The Labute approximate surface area is 431 Å². The largest absolute Gasteiger partial charge is 0.480 e. The fourth-order valence-corrected chi connectivity index (χ4v) is 10.8. The van der Waals surface area contributed by atoms with Crippen LogP contribution in [0.1, 0.15) is 147 Å². The summed E-state index contributed by atoms with van der Waals surface area (Å²) < 4.78 is 0. The molecule has 7 rings (SSSR count). The van der Waals surface area contributed by atoms with Crippen LogP contribution in [-0.4, -0.2) is 129 Å². The summed E-state index contributed by atoms with van der Waals surface area (Å²) in [5.41, 5.74) is 3.73. The number of benzene rings is 2. The van der Waals surface area contributed by atoms with E-state index in [-0.39, 0.29) is 55.5 Å². The summed E-state index contributed by atoms with van der Waals surface area (Å²) >= 11 is 0. The topological polar surface area (TPSA) is 217 Å². The number of aliphatic carboxylic acids is 1. The van der Waals surface area contributed by atoms with Crippen molar-refractivity contribution in [3.63, 3.8) is 0 Å². The number of carboxylic acid groups (broad SMARTS) is 1. The number of amides is 6. The van der Waals surface area contributed by atoms with Gasteiger partial charge >= 0.3 is 5.97 Å². The van der Waals surface area contributed by atoms with Crippen molar-refractivity contribution >= 4 is 63.2 Å². The number of likely N-dealkylation sites (tertiary alicyclic amines) is 1. The number of carbonyl (C=O) groups is 7. The Morgan fingerprint density at radius 1 is 0.630 bits per heavy atom. The first kappa shape index (κ1) is 56.1. The molecular weight excluding hydrogens is 925 g/mol. The van der Waals surface area contributed by atoms with Crippen molar-refractivity contribution in [1.82, 2.24) is 40.6 Å². The van der Waals surface area contributed by atoms with E-state index in [4.69, 9.17) is 5.11 Å². The summed E-state index contributed by atoms with van der Waals surface area (Å²) in [5.74, 6) is -1.47. The Kier molecular flexibility index (Phi) is 22.7. The highest BCUT2D eigenvalue weighted by atomic mass is 16.4. The van der Waals surface area contributed by atoms with Crippen molar-refractivity contribution in [2.75, 3.05) is 45.8 Å². The van der Waals surface area contributed by atoms with Crippen molar-refractivity contribution in [3.8, 4) is 0 Å². The maximum atomic E-state index is 13.9. The summed E-state index contributed by atoms with van der Waals surface area (Å²) in [6.07, 6.45) is 23.1. The molecule has 0 spiro atoms. The van der Waals surface area contributed by atoms with Gasteiger partial charge in [-0.05, 0) is 80.0 Å². The van der Waals surface area contributed by atoms with Gasteiger partial charge in [-0.3, -0.25) is 33.6 Å². The minimum absolute atomic E-state index is 0.0380. The molecule has 73 heavy (non-hydrogen) atoms. The number of aromatic amines is 2. The molecule has 3 heterocycles. The molecule has 3 fully saturated rings. The number of nitrogens with one attached hydrogen (secondary N) is 5. The second-order valence-corrected chi connectivity index (χ2v) is 20.6. The van der Waals surface area contributed by atoms with Crippen LogP contribution in [0.15, 0.2) is 60.9 Å². The molecule has 2 aliphatic carbocycles. The quantitative estimate of drug-likeness (QED) is 0.0384. The average Bonchev–Trinajstić information content (AvgIpc) is 4.19. The molecule has 4 aromatic rings. The molecular formula is C57H82N8O8. The SMILES string of the molecule is CCCC[C@H](NC(=O)Cc1c[nH]c2ccccc12)C(=O)N(CC(=O)N1CCCC1)CC1CCCCC1.CCCC[C@H](NC(=O)Cc1c[nH]c2ccccc12)C(=O)N(CCC1CCCCC1)CC(=O)NCC(=O)O. The highest BCUT2D eigenvalue weighted by Gasteiger charge is 2.32. The summed E-state index contributed by atoms with van der Waals surface area (Å²) in [7, 11) is 0. The normalized spacial score (nSPS) is 16.0. The van der Waals surface area contributed by atoms with Gasteiger partial charge in [0.05, 0.1) is 25.9 Å². The van der Waals surface area contributed by atoms with E-state index in [9.17, 15) is 33.6 Å². The van der Waals surface area contributed by atoms with E-state index in [1.807, 2.05) is 72.7 Å². The molecule has 0 unspecified atom stereocenters. The molecule has 2 aromatic heterocycles. The lowest BCUT2D eigenvalue weighted by Gasteiger charge is -2.33. The molecule has 1 saturated heterocycles. The molecule has 16 heteroatoms. The number of H-pyrrole nitrogens is 2. The van der Waals surface area contributed by atoms with E-state index in [1.165, 1.54) is 43.4 Å². The third kappa shape index (κ3) is 17.8. The van der Waals surface area contributed by atoms with Gasteiger partial charge in [-0.1, -0.05) is 127 Å². The van der Waals surface area contributed by atoms with E-state index in [2.05, 4.69) is 32.8 Å². The van der Waals surface area contributed by atoms with Gasteiger partial charge in [0, 0.05) is 60.4 Å². The van der Waals surface area contributed by atoms with Crippen LogP contribution in [0.3, 0.4) is 0 Å². The minimum atomic E-state index is -1.14. The number of carbonyl (C=O) groups excluding carboxylic acids is 6. The van der Waals surface area contributed by atoms with Crippen LogP contribution in [-0.2, 0) is 46.4 Å². The predicted octanol–water partition coefficient (Wildman–Crippen LogP) is 7.80. The predicted molar refractivity (Wildman–Crippen MR) is 284 cm³/mol. The van der Waals surface area contributed by atoms with E-state index in [0.29, 0.717) is 37.8 Å². The van der Waals surface area contributed by atoms with Crippen LogP contribution in [0, 0.1) is 11.8 Å². The van der Waals surface area contributed by atoms with Crippen LogP contribution in [0.2, 0.25) is 0 Å². The fraction of sp³-hybridized carbons (Fsp3) is 0.596. The fourth-order valence-electron chi connectivity index (χ4n) is 10.8. The molecule has 16 nitrogen and oxygen atoms in total. The van der Waals surface area contributed by atoms with Crippen LogP contribution >= 0.6 is 0 Å². The van der Waals surface area contributed by atoms with Crippen LogP contribution in [0.4, 0.5) is 0 Å². The van der Waals surface area contributed by atoms with Gasteiger partial charge in [0.15, 0.2) is 0 Å². The van der Waals surface area contributed by atoms with Gasteiger partial charge in [0.1, 0.15) is 18.6 Å². The molecule has 2 aromatic carbocycles. The number of unbranched alkanes of at least 4 members (excludes halogenated alkanes) is 2. The highest BCUT2D eigenvalue weighted by molar-refractivity contribution is 5.95. The summed E-state index contributed by atoms with van der Waals surface area (Å²) in [5, 5.41) is 19.2. The summed E-state index contributed by atoms with van der Waals surface area (Å²) in [6, 6.07) is 14.3. The smallest absolute Gasteiger partial charge is 0.322 e.